The van der Waals surface area contributed by atoms with Gasteiger partial charge < -0.3 is 10.3 Å². The van der Waals surface area contributed by atoms with Gasteiger partial charge in [0.2, 0.25) is 0 Å². The molecular weight excluding hydrogens is 333 g/mol. The van der Waals surface area contributed by atoms with Crippen LogP contribution in [0.1, 0.15) is 19.9 Å². The number of halogens is 2. The van der Waals surface area contributed by atoms with E-state index in [1.807, 2.05) is 22.8 Å². The Morgan fingerprint density at radius 1 is 1.19 bits per heavy atom. The molecule has 1 heterocycles. The lowest BCUT2D eigenvalue weighted by atomic mass is 10.2. The zero-order valence-electron chi connectivity index (χ0n) is 11.8. The van der Waals surface area contributed by atoms with Crippen molar-refractivity contribution in [3.63, 3.8) is 0 Å². The van der Waals surface area contributed by atoms with E-state index in [9.17, 15) is 4.39 Å². The second-order valence-corrected chi connectivity index (χ2v) is 6.12. The smallest absolute Gasteiger partial charge is 0.141 e. The number of rotatable bonds is 2. The van der Waals surface area contributed by atoms with Gasteiger partial charge in [-0.05, 0) is 66.2 Å². The van der Waals surface area contributed by atoms with Gasteiger partial charge in [0.15, 0.2) is 0 Å². The van der Waals surface area contributed by atoms with Crippen LogP contribution in [0.25, 0.3) is 22.4 Å². The van der Waals surface area contributed by atoms with E-state index >= 15 is 0 Å². The summed E-state index contributed by atoms with van der Waals surface area (Å²) in [7, 11) is 0. The molecule has 2 N–H and O–H groups in total. The predicted octanol–water partition coefficient (Wildman–Crippen LogP) is 4.77. The lowest BCUT2D eigenvalue weighted by molar-refractivity contribution is 0.613. The van der Waals surface area contributed by atoms with E-state index in [1.54, 1.807) is 6.07 Å². The van der Waals surface area contributed by atoms with Crippen molar-refractivity contribution in [3.05, 3.63) is 46.7 Å². The lowest BCUT2D eigenvalue weighted by Crippen LogP contribution is -2.03. The number of anilines is 1. The highest BCUT2D eigenvalue weighted by atomic mass is 79.9. The van der Waals surface area contributed by atoms with Crippen LogP contribution in [-0.4, -0.2) is 9.55 Å². The Hall–Kier alpha value is -1.88. The summed E-state index contributed by atoms with van der Waals surface area (Å²) in [6.07, 6.45) is 0. The molecule has 0 aliphatic heterocycles. The third kappa shape index (κ3) is 2.42. The molecule has 3 aromatic rings. The van der Waals surface area contributed by atoms with E-state index in [1.165, 1.54) is 12.1 Å². The molecule has 0 aliphatic carbocycles. The molecule has 0 amide bonds. The minimum atomic E-state index is -0.258. The van der Waals surface area contributed by atoms with Gasteiger partial charge in [-0.3, -0.25) is 0 Å². The van der Waals surface area contributed by atoms with Gasteiger partial charge in [0.1, 0.15) is 11.6 Å². The third-order valence-corrected chi connectivity index (χ3v) is 4.14. The Bertz CT molecular complexity index is 824. The zero-order valence-corrected chi connectivity index (χ0v) is 13.4. The van der Waals surface area contributed by atoms with Crippen LogP contribution >= 0.6 is 15.9 Å². The van der Waals surface area contributed by atoms with Crippen LogP contribution in [0.15, 0.2) is 40.9 Å². The van der Waals surface area contributed by atoms with E-state index in [0.29, 0.717) is 5.69 Å². The van der Waals surface area contributed by atoms with E-state index in [-0.39, 0.29) is 11.9 Å². The quantitative estimate of drug-likeness (QED) is 0.678. The molecule has 0 atom stereocenters. The molecule has 3 nitrogen and oxygen atoms in total. The Morgan fingerprint density at radius 2 is 1.95 bits per heavy atom. The average molecular weight is 348 g/mol. The Labute approximate surface area is 130 Å². The van der Waals surface area contributed by atoms with Crippen LogP contribution in [-0.2, 0) is 0 Å². The zero-order chi connectivity index (χ0) is 15.1. The second kappa shape index (κ2) is 5.15. The molecule has 0 saturated carbocycles. The second-order valence-electron chi connectivity index (χ2n) is 5.27. The minimum Gasteiger partial charge on any atom is -0.398 e. The summed E-state index contributed by atoms with van der Waals surface area (Å²) in [5.41, 5.74) is 9.10. The SMILES string of the molecule is CC(C)n1c(-c2ccc(Br)c(N)c2)nc2ccc(F)cc21. The van der Waals surface area contributed by atoms with Crippen molar-refractivity contribution in [1.82, 2.24) is 9.55 Å². The van der Waals surface area contributed by atoms with Gasteiger partial charge >= 0.3 is 0 Å². The molecule has 0 aliphatic rings. The Kier molecular flexibility index (Phi) is 3.45. The first kappa shape index (κ1) is 14.1. The summed E-state index contributed by atoms with van der Waals surface area (Å²) in [5.74, 6) is 0.538. The van der Waals surface area contributed by atoms with E-state index in [2.05, 4.69) is 34.8 Å². The maximum atomic E-state index is 13.5. The van der Waals surface area contributed by atoms with Crippen molar-refractivity contribution >= 4 is 32.7 Å². The van der Waals surface area contributed by atoms with Crippen LogP contribution in [0.4, 0.5) is 10.1 Å². The molecule has 21 heavy (non-hydrogen) atoms. The van der Waals surface area contributed by atoms with Crippen molar-refractivity contribution in [3.8, 4) is 11.4 Å². The van der Waals surface area contributed by atoms with Crippen molar-refractivity contribution in [2.75, 3.05) is 5.73 Å². The average Bonchev–Trinajstić information content (AvgIpc) is 2.80. The third-order valence-electron chi connectivity index (χ3n) is 3.42. The topological polar surface area (TPSA) is 43.8 Å². The summed E-state index contributed by atoms with van der Waals surface area (Å²) < 4.78 is 16.4. The Morgan fingerprint density at radius 3 is 2.62 bits per heavy atom. The van der Waals surface area contributed by atoms with Gasteiger partial charge in [-0.15, -0.1) is 0 Å². The van der Waals surface area contributed by atoms with Gasteiger partial charge in [-0.2, -0.15) is 0 Å². The highest BCUT2D eigenvalue weighted by Crippen LogP contribution is 2.31. The maximum Gasteiger partial charge on any atom is 0.141 e. The van der Waals surface area contributed by atoms with Crippen molar-refractivity contribution in [1.29, 1.82) is 0 Å². The van der Waals surface area contributed by atoms with E-state index < -0.39 is 0 Å². The standard InChI is InChI=1S/C16H15BrFN3/c1-9(2)21-15-8-11(18)4-6-14(15)20-16(21)10-3-5-12(17)13(19)7-10/h3-9H,19H2,1-2H3. The molecule has 0 unspecified atom stereocenters. The molecule has 0 bridgehead atoms. The molecular formula is C16H15BrFN3. The molecule has 0 fully saturated rings. The molecule has 108 valence electrons. The van der Waals surface area contributed by atoms with Crippen LogP contribution in [0.5, 0.6) is 0 Å². The molecule has 0 spiro atoms. The summed E-state index contributed by atoms with van der Waals surface area (Å²) in [4.78, 5) is 4.64. The Balaban J connectivity index is 2.30. The molecule has 1 aromatic heterocycles. The number of imidazole rings is 1. The van der Waals surface area contributed by atoms with Crippen LogP contribution in [0.2, 0.25) is 0 Å². The summed E-state index contributed by atoms with van der Waals surface area (Å²) >= 11 is 3.39. The number of nitrogen functional groups attached to an aromatic ring is 1. The first-order valence-electron chi connectivity index (χ1n) is 6.70. The van der Waals surface area contributed by atoms with Crippen molar-refractivity contribution in [2.45, 2.75) is 19.9 Å². The number of nitrogens with zero attached hydrogens (tertiary/aromatic N) is 2. The van der Waals surface area contributed by atoms with Crippen LogP contribution < -0.4 is 5.73 Å². The van der Waals surface area contributed by atoms with Crippen LogP contribution in [0.3, 0.4) is 0 Å². The molecule has 2 aromatic carbocycles. The highest BCUT2D eigenvalue weighted by molar-refractivity contribution is 9.10. The monoisotopic (exact) mass is 347 g/mol. The number of fused-ring (bicyclic) bond motifs is 1. The van der Waals surface area contributed by atoms with E-state index in [4.69, 9.17) is 5.73 Å². The first-order valence-corrected chi connectivity index (χ1v) is 7.49. The molecule has 0 radical (unpaired) electrons. The molecule has 3 rings (SSSR count). The number of hydrogen-bond donors (Lipinski definition) is 1. The summed E-state index contributed by atoms with van der Waals surface area (Å²) in [6, 6.07) is 10.5. The summed E-state index contributed by atoms with van der Waals surface area (Å²) in [6.45, 7) is 4.11. The molecule has 5 heteroatoms. The van der Waals surface area contributed by atoms with Gasteiger partial charge in [-0.1, -0.05) is 0 Å². The van der Waals surface area contributed by atoms with E-state index in [0.717, 1.165) is 26.9 Å². The largest absolute Gasteiger partial charge is 0.398 e. The number of hydrogen-bond acceptors (Lipinski definition) is 2. The first-order chi connectivity index (χ1) is 9.97. The maximum absolute atomic E-state index is 13.5. The summed E-state index contributed by atoms with van der Waals surface area (Å²) in [5, 5.41) is 0. The normalized spacial score (nSPS) is 11.5. The fourth-order valence-electron chi connectivity index (χ4n) is 2.48. The van der Waals surface area contributed by atoms with Gasteiger partial charge in [0.25, 0.3) is 0 Å². The van der Waals surface area contributed by atoms with Gasteiger partial charge in [0.05, 0.1) is 11.0 Å². The number of benzene rings is 2. The van der Waals surface area contributed by atoms with Crippen molar-refractivity contribution < 1.29 is 4.39 Å². The van der Waals surface area contributed by atoms with Crippen LogP contribution in [0, 0.1) is 5.82 Å². The lowest BCUT2D eigenvalue weighted by Gasteiger charge is -2.13. The fraction of sp³-hybridized carbons (Fsp3) is 0.188. The van der Waals surface area contributed by atoms with Crippen molar-refractivity contribution in [2.24, 2.45) is 0 Å². The van der Waals surface area contributed by atoms with Gasteiger partial charge in [0, 0.05) is 21.8 Å². The number of aromatic nitrogens is 2. The minimum absolute atomic E-state index is 0.164. The molecule has 0 saturated heterocycles. The predicted molar refractivity (Wildman–Crippen MR) is 87.6 cm³/mol. The van der Waals surface area contributed by atoms with Gasteiger partial charge in [-0.25, -0.2) is 9.37 Å². The fourth-order valence-corrected chi connectivity index (χ4v) is 2.72. The number of nitrogens with two attached hydrogens (primary N) is 1. The highest BCUT2D eigenvalue weighted by Gasteiger charge is 2.16.